The highest BCUT2D eigenvalue weighted by atomic mass is 32.1. The maximum absolute atomic E-state index is 12.9. The maximum Gasteiger partial charge on any atom is 0.255 e. The van der Waals surface area contributed by atoms with Crippen LogP contribution in [0.15, 0.2) is 34.4 Å². The molecular weight excluding hydrogens is 280 g/mol. The van der Waals surface area contributed by atoms with E-state index in [1.54, 1.807) is 11.3 Å². The van der Waals surface area contributed by atoms with Gasteiger partial charge in [0.05, 0.1) is 10.6 Å². The van der Waals surface area contributed by atoms with Gasteiger partial charge >= 0.3 is 0 Å². The Morgan fingerprint density at radius 2 is 2.05 bits per heavy atom. The first-order chi connectivity index (χ1) is 10.3. The third-order valence-electron chi connectivity index (χ3n) is 4.28. The fourth-order valence-corrected chi connectivity index (χ4v) is 4.00. The van der Waals surface area contributed by atoms with Crippen molar-refractivity contribution in [3.8, 4) is 10.6 Å². The molecule has 0 aliphatic heterocycles. The topological polar surface area (TPSA) is 34.0 Å². The molecule has 0 bridgehead atoms. The third-order valence-corrected chi connectivity index (χ3v) is 5.17. The van der Waals surface area contributed by atoms with Crippen LogP contribution >= 0.6 is 11.3 Å². The highest BCUT2D eigenvalue weighted by Gasteiger charge is 2.21. The van der Waals surface area contributed by atoms with Gasteiger partial charge in [0.25, 0.3) is 5.56 Å². The molecule has 0 amide bonds. The monoisotopic (exact) mass is 302 g/mol. The average Bonchev–Trinajstić information content (AvgIpc) is 3.04. The first-order valence-electron chi connectivity index (χ1n) is 7.74. The molecule has 3 rings (SSSR count). The van der Waals surface area contributed by atoms with Crippen molar-refractivity contribution in [3.63, 3.8) is 0 Å². The molecule has 0 radical (unpaired) electrons. The minimum absolute atomic E-state index is 0.183. The van der Waals surface area contributed by atoms with Gasteiger partial charge in [-0.3, -0.25) is 4.79 Å². The summed E-state index contributed by atoms with van der Waals surface area (Å²) in [6.07, 6.45) is 6.02. The SMILES string of the molecule is CNCc1ccc(-c2cccs2)n(C2CCCCC2)c1=O. The Kier molecular flexibility index (Phi) is 4.56. The van der Waals surface area contributed by atoms with Gasteiger partial charge in [-0.15, -0.1) is 11.3 Å². The number of hydrogen-bond acceptors (Lipinski definition) is 3. The highest BCUT2D eigenvalue weighted by molar-refractivity contribution is 7.13. The molecule has 0 atom stereocenters. The molecule has 21 heavy (non-hydrogen) atoms. The van der Waals surface area contributed by atoms with Crippen LogP contribution in [0.4, 0.5) is 0 Å². The van der Waals surface area contributed by atoms with Crippen molar-refractivity contribution in [2.24, 2.45) is 0 Å². The second kappa shape index (κ2) is 6.58. The van der Waals surface area contributed by atoms with E-state index < -0.39 is 0 Å². The van der Waals surface area contributed by atoms with Crippen LogP contribution in [0.3, 0.4) is 0 Å². The van der Waals surface area contributed by atoms with E-state index in [4.69, 9.17) is 0 Å². The van der Waals surface area contributed by atoms with Crippen molar-refractivity contribution in [2.75, 3.05) is 7.05 Å². The van der Waals surface area contributed by atoms with Crippen molar-refractivity contribution in [1.29, 1.82) is 0 Å². The Hall–Kier alpha value is -1.39. The summed E-state index contributed by atoms with van der Waals surface area (Å²) in [5.41, 5.74) is 2.13. The van der Waals surface area contributed by atoms with Crippen LogP contribution in [0.1, 0.15) is 43.7 Å². The second-order valence-electron chi connectivity index (χ2n) is 5.72. The zero-order valence-corrected chi connectivity index (χ0v) is 13.3. The van der Waals surface area contributed by atoms with Gasteiger partial charge in [-0.25, -0.2) is 0 Å². The Labute approximate surface area is 129 Å². The Morgan fingerprint density at radius 3 is 2.71 bits per heavy atom. The van der Waals surface area contributed by atoms with Crippen LogP contribution in [0.25, 0.3) is 10.6 Å². The van der Waals surface area contributed by atoms with E-state index in [1.165, 1.54) is 24.1 Å². The van der Waals surface area contributed by atoms with Crippen LogP contribution in [-0.2, 0) is 6.54 Å². The molecule has 1 fully saturated rings. The number of thiophene rings is 1. The Morgan fingerprint density at radius 1 is 1.24 bits per heavy atom. The zero-order valence-electron chi connectivity index (χ0n) is 12.5. The van der Waals surface area contributed by atoms with E-state index in [0.29, 0.717) is 12.6 Å². The number of aromatic nitrogens is 1. The zero-order chi connectivity index (χ0) is 14.7. The van der Waals surface area contributed by atoms with Crippen LogP contribution in [-0.4, -0.2) is 11.6 Å². The summed E-state index contributed by atoms with van der Waals surface area (Å²) in [5.74, 6) is 0. The van der Waals surface area contributed by atoms with Gasteiger partial charge in [-0.05, 0) is 37.4 Å². The van der Waals surface area contributed by atoms with Crippen LogP contribution in [0.5, 0.6) is 0 Å². The van der Waals surface area contributed by atoms with Crippen LogP contribution < -0.4 is 10.9 Å². The lowest BCUT2D eigenvalue weighted by Gasteiger charge is -2.27. The Balaban J connectivity index is 2.11. The number of pyridine rings is 1. The summed E-state index contributed by atoms with van der Waals surface area (Å²) in [6.45, 7) is 0.635. The van der Waals surface area contributed by atoms with Crippen molar-refractivity contribution in [3.05, 3.63) is 45.6 Å². The molecule has 1 aliphatic rings. The summed E-state index contributed by atoms with van der Waals surface area (Å²) in [6, 6.07) is 8.62. The summed E-state index contributed by atoms with van der Waals surface area (Å²) in [7, 11) is 1.89. The predicted octanol–water partition coefficient (Wildman–Crippen LogP) is 3.80. The molecule has 2 heterocycles. The molecule has 1 aliphatic carbocycles. The molecule has 112 valence electrons. The van der Waals surface area contributed by atoms with Gasteiger partial charge in [-0.1, -0.05) is 31.4 Å². The van der Waals surface area contributed by atoms with E-state index in [-0.39, 0.29) is 5.56 Å². The number of nitrogens with zero attached hydrogens (tertiary/aromatic N) is 1. The predicted molar refractivity (Wildman–Crippen MR) is 88.9 cm³/mol. The van der Waals surface area contributed by atoms with E-state index in [0.717, 1.165) is 24.1 Å². The van der Waals surface area contributed by atoms with Gasteiger partial charge in [0.15, 0.2) is 0 Å². The van der Waals surface area contributed by atoms with Crippen molar-refractivity contribution in [2.45, 2.75) is 44.7 Å². The molecule has 3 nitrogen and oxygen atoms in total. The fourth-order valence-electron chi connectivity index (χ4n) is 3.25. The smallest absolute Gasteiger partial charge is 0.255 e. The molecule has 0 saturated heterocycles. The minimum Gasteiger partial charge on any atom is -0.315 e. The van der Waals surface area contributed by atoms with Crippen LogP contribution in [0.2, 0.25) is 0 Å². The lowest BCUT2D eigenvalue weighted by Crippen LogP contribution is -2.31. The van der Waals surface area contributed by atoms with E-state index in [1.807, 2.05) is 13.1 Å². The third kappa shape index (κ3) is 2.97. The Bertz CT molecular complexity index is 639. The normalized spacial score (nSPS) is 16.2. The van der Waals surface area contributed by atoms with E-state index in [2.05, 4.69) is 33.5 Å². The van der Waals surface area contributed by atoms with Gasteiger partial charge in [0.1, 0.15) is 0 Å². The second-order valence-corrected chi connectivity index (χ2v) is 6.67. The number of nitrogens with one attached hydrogen (secondary N) is 1. The molecule has 0 spiro atoms. The first-order valence-corrected chi connectivity index (χ1v) is 8.62. The van der Waals surface area contributed by atoms with Crippen LogP contribution in [0, 0.1) is 0 Å². The number of rotatable bonds is 4. The highest BCUT2D eigenvalue weighted by Crippen LogP contribution is 2.32. The van der Waals surface area contributed by atoms with E-state index >= 15 is 0 Å². The van der Waals surface area contributed by atoms with Gasteiger partial charge in [0.2, 0.25) is 0 Å². The number of hydrogen-bond donors (Lipinski definition) is 1. The lowest BCUT2D eigenvalue weighted by atomic mass is 9.94. The molecule has 4 heteroatoms. The largest absolute Gasteiger partial charge is 0.315 e. The first kappa shape index (κ1) is 14.5. The average molecular weight is 302 g/mol. The summed E-state index contributed by atoms with van der Waals surface area (Å²) in [5, 5.41) is 5.17. The molecule has 2 aromatic rings. The van der Waals surface area contributed by atoms with Crippen molar-refractivity contribution >= 4 is 11.3 Å². The fraction of sp³-hybridized carbons (Fsp3) is 0.471. The molecule has 1 N–H and O–H groups in total. The summed E-state index contributed by atoms with van der Waals surface area (Å²) >= 11 is 1.71. The van der Waals surface area contributed by atoms with E-state index in [9.17, 15) is 4.79 Å². The minimum atomic E-state index is 0.183. The van der Waals surface area contributed by atoms with Gasteiger partial charge in [0, 0.05) is 18.2 Å². The van der Waals surface area contributed by atoms with Crippen molar-refractivity contribution < 1.29 is 0 Å². The summed E-state index contributed by atoms with van der Waals surface area (Å²) in [4.78, 5) is 14.1. The lowest BCUT2D eigenvalue weighted by molar-refractivity contribution is 0.348. The molecule has 1 saturated carbocycles. The maximum atomic E-state index is 12.9. The summed E-state index contributed by atoms with van der Waals surface area (Å²) < 4.78 is 2.07. The molecular formula is C17H22N2OS. The molecule has 0 aromatic carbocycles. The quantitative estimate of drug-likeness (QED) is 0.932. The molecule has 2 aromatic heterocycles. The van der Waals surface area contributed by atoms with Gasteiger partial charge in [-0.2, -0.15) is 0 Å². The van der Waals surface area contributed by atoms with Gasteiger partial charge < -0.3 is 9.88 Å². The standard InChI is InChI=1S/C17H22N2OS/c1-18-12-13-9-10-15(16-8-5-11-21-16)19(17(13)20)14-6-3-2-4-7-14/h5,8-11,14,18H,2-4,6-7,12H2,1H3. The van der Waals surface area contributed by atoms with Crippen molar-refractivity contribution in [1.82, 2.24) is 9.88 Å². The molecule has 0 unspecified atom stereocenters.